The molecule has 1 saturated carbocycles. The van der Waals surface area contributed by atoms with Crippen LogP contribution in [0.5, 0.6) is 0 Å². The fraction of sp³-hybridized carbons (Fsp3) is 0.385. The molecule has 7 nitrogen and oxygen atoms in total. The third-order valence-electron chi connectivity index (χ3n) is 3.08. The lowest BCUT2D eigenvalue weighted by atomic mass is 10.2. The lowest BCUT2D eigenvalue weighted by molar-refractivity contribution is 0.0527. The van der Waals surface area contributed by atoms with Gasteiger partial charge in [0.05, 0.1) is 18.2 Å². The number of tetrazole rings is 1. The minimum Gasteiger partial charge on any atom is -0.462 e. The molecule has 0 atom stereocenters. The van der Waals surface area contributed by atoms with E-state index in [4.69, 9.17) is 10.5 Å². The Hall–Kier alpha value is -2.09. The predicted molar refractivity (Wildman–Crippen MR) is 77.0 cm³/mol. The van der Waals surface area contributed by atoms with Crippen LogP contribution in [0.4, 0.5) is 5.69 Å². The number of esters is 1. The van der Waals surface area contributed by atoms with Crippen LogP contribution >= 0.6 is 11.8 Å². The molecule has 0 spiro atoms. The van der Waals surface area contributed by atoms with E-state index in [1.807, 2.05) is 10.7 Å². The molecule has 21 heavy (non-hydrogen) atoms. The number of hydrogen-bond acceptors (Lipinski definition) is 7. The van der Waals surface area contributed by atoms with Crippen LogP contribution in [0.2, 0.25) is 0 Å². The van der Waals surface area contributed by atoms with Crippen LogP contribution in [-0.2, 0) is 4.74 Å². The molecule has 1 aromatic heterocycles. The van der Waals surface area contributed by atoms with E-state index in [9.17, 15) is 4.79 Å². The molecule has 2 aromatic rings. The molecule has 0 aliphatic heterocycles. The molecule has 0 saturated heterocycles. The van der Waals surface area contributed by atoms with Crippen molar-refractivity contribution in [3.63, 3.8) is 0 Å². The molecular weight excluding hydrogens is 290 g/mol. The lowest BCUT2D eigenvalue weighted by Crippen LogP contribution is -2.08. The Bertz CT molecular complexity index is 668. The van der Waals surface area contributed by atoms with Crippen molar-refractivity contribution in [1.82, 2.24) is 20.2 Å². The van der Waals surface area contributed by atoms with Gasteiger partial charge < -0.3 is 10.5 Å². The average Bonchev–Trinajstić information content (AvgIpc) is 3.21. The lowest BCUT2D eigenvalue weighted by Gasteiger charge is -2.07. The first-order valence-corrected chi connectivity index (χ1v) is 7.53. The van der Waals surface area contributed by atoms with Gasteiger partial charge >= 0.3 is 5.97 Å². The maximum absolute atomic E-state index is 11.8. The van der Waals surface area contributed by atoms with E-state index in [2.05, 4.69) is 15.5 Å². The highest BCUT2D eigenvalue weighted by Gasteiger charge is 2.28. The van der Waals surface area contributed by atoms with E-state index in [-0.39, 0.29) is 0 Å². The van der Waals surface area contributed by atoms with Crippen molar-refractivity contribution in [3.8, 4) is 0 Å². The smallest absolute Gasteiger partial charge is 0.340 e. The minimum absolute atomic E-state index is 0.315. The van der Waals surface area contributed by atoms with Crippen molar-refractivity contribution < 1.29 is 9.53 Å². The van der Waals surface area contributed by atoms with Crippen LogP contribution < -0.4 is 5.73 Å². The van der Waals surface area contributed by atoms with E-state index in [1.165, 1.54) is 11.8 Å². The average molecular weight is 305 g/mol. The molecule has 1 fully saturated rings. The predicted octanol–water partition coefficient (Wildman–Crippen LogP) is 1.92. The number of carbonyl (C=O) groups excluding carboxylic acids is 1. The zero-order chi connectivity index (χ0) is 14.8. The van der Waals surface area contributed by atoms with E-state index in [0.717, 1.165) is 22.9 Å². The summed E-state index contributed by atoms with van der Waals surface area (Å²) >= 11 is 1.41. The topological polar surface area (TPSA) is 95.9 Å². The summed E-state index contributed by atoms with van der Waals surface area (Å²) in [5, 5.41) is 12.5. The van der Waals surface area contributed by atoms with Gasteiger partial charge in [0.1, 0.15) is 0 Å². The number of nitrogens with two attached hydrogens (primary N) is 1. The molecule has 1 aromatic carbocycles. The third kappa shape index (κ3) is 2.99. The van der Waals surface area contributed by atoms with Gasteiger partial charge in [0, 0.05) is 10.6 Å². The van der Waals surface area contributed by atoms with Crippen LogP contribution in [0.25, 0.3) is 0 Å². The highest BCUT2D eigenvalue weighted by atomic mass is 32.2. The SMILES string of the molecule is CCOC(=O)c1cc(Sc2nnnn2C2CC2)ccc1N. The Morgan fingerprint density at radius 2 is 2.33 bits per heavy atom. The minimum atomic E-state index is -0.417. The number of hydrogen-bond donors (Lipinski definition) is 1. The molecule has 2 N–H and O–H groups in total. The van der Waals surface area contributed by atoms with Crippen molar-refractivity contribution in [1.29, 1.82) is 0 Å². The van der Waals surface area contributed by atoms with Crippen LogP contribution in [0.3, 0.4) is 0 Å². The summed E-state index contributed by atoms with van der Waals surface area (Å²) in [4.78, 5) is 12.7. The van der Waals surface area contributed by atoms with Gasteiger partial charge in [0.2, 0.25) is 5.16 Å². The summed E-state index contributed by atoms with van der Waals surface area (Å²) in [7, 11) is 0. The molecular formula is C13H15N5O2S. The Kier molecular flexibility index (Phi) is 3.78. The Labute approximate surface area is 125 Å². The second kappa shape index (κ2) is 5.72. The van der Waals surface area contributed by atoms with Crippen molar-refractivity contribution in [2.24, 2.45) is 0 Å². The van der Waals surface area contributed by atoms with E-state index in [1.54, 1.807) is 19.1 Å². The first kappa shape index (κ1) is 13.9. The van der Waals surface area contributed by atoms with Crippen molar-refractivity contribution in [2.75, 3.05) is 12.3 Å². The van der Waals surface area contributed by atoms with Crippen LogP contribution in [0.15, 0.2) is 28.3 Å². The number of rotatable bonds is 5. The van der Waals surface area contributed by atoms with Crippen LogP contribution in [0.1, 0.15) is 36.2 Å². The third-order valence-corrected chi connectivity index (χ3v) is 4.03. The number of carbonyl (C=O) groups is 1. The standard InChI is InChI=1S/C13H15N5O2S/c1-2-20-12(19)10-7-9(5-6-11(10)14)21-13-15-16-17-18(13)8-3-4-8/h5-8H,2-4,14H2,1H3. The maximum Gasteiger partial charge on any atom is 0.340 e. The monoisotopic (exact) mass is 305 g/mol. The summed E-state index contributed by atoms with van der Waals surface area (Å²) in [5.74, 6) is -0.417. The molecule has 8 heteroatoms. The van der Waals surface area contributed by atoms with Crippen LogP contribution in [-0.4, -0.2) is 32.8 Å². The Balaban J connectivity index is 1.83. The summed E-state index contributed by atoms with van der Waals surface area (Å²) in [6, 6.07) is 5.65. The summed E-state index contributed by atoms with van der Waals surface area (Å²) < 4.78 is 6.82. The molecule has 0 bridgehead atoms. The molecule has 3 rings (SSSR count). The quantitative estimate of drug-likeness (QED) is 0.666. The zero-order valence-corrected chi connectivity index (χ0v) is 12.3. The number of anilines is 1. The zero-order valence-electron chi connectivity index (χ0n) is 11.5. The fourth-order valence-corrected chi connectivity index (χ4v) is 2.77. The Morgan fingerprint density at radius 3 is 3.05 bits per heavy atom. The normalized spacial score (nSPS) is 14.1. The van der Waals surface area contributed by atoms with E-state index in [0.29, 0.717) is 23.9 Å². The van der Waals surface area contributed by atoms with Gasteiger partial charge in [-0.1, -0.05) is 0 Å². The molecule has 1 aliphatic rings. The van der Waals surface area contributed by atoms with Crippen molar-refractivity contribution >= 4 is 23.4 Å². The Morgan fingerprint density at radius 1 is 1.52 bits per heavy atom. The van der Waals surface area contributed by atoms with Gasteiger partial charge in [0.15, 0.2) is 0 Å². The number of nitrogen functional groups attached to an aromatic ring is 1. The molecule has 0 radical (unpaired) electrons. The van der Waals surface area contributed by atoms with Gasteiger partial charge in [-0.3, -0.25) is 0 Å². The summed E-state index contributed by atoms with van der Waals surface area (Å²) in [6.45, 7) is 2.08. The van der Waals surface area contributed by atoms with Gasteiger partial charge in [-0.25, -0.2) is 9.48 Å². The number of nitrogens with zero attached hydrogens (tertiary/aromatic N) is 4. The summed E-state index contributed by atoms with van der Waals surface area (Å²) in [5.41, 5.74) is 6.60. The van der Waals surface area contributed by atoms with Crippen molar-refractivity contribution in [3.05, 3.63) is 23.8 Å². The molecule has 1 aliphatic carbocycles. The van der Waals surface area contributed by atoms with E-state index < -0.39 is 5.97 Å². The number of aromatic nitrogens is 4. The van der Waals surface area contributed by atoms with E-state index >= 15 is 0 Å². The molecule has 1 heterocycles. The number of benzene rings is 1. The second-order valence-electron chi connectivity index (χ2n) is 4.71. The highest BCUT2D eigenvalue weighted by molar-refractivity contribution is 7.99. The highest BCUT2D eigenvalue weighted by Crippen LogP contribution is 2.38. The van der Waals surface area contributed by atoms with Crippen LogP contribution in [0, 0.1) is 0 Å². The first-order chi connectivity index (χ1) is 10.2. The first-order valence-electron chi connectivity index (χ1n) is 6.71. The fourth-order valence-electron chi connectivity index (χ4n) is 1.89. The van der Waals surface area contributed by atoms with Gasteiger partial charge in [-0.15, -0.1) is 5.10 Å². The van der Waals surface area contributed by atoms with Gasteiger partial charge in [0.25, 0.3) is 0 Å². The second-order valence-corrected chi connectivity index (χ2v) is 5.75. The van der Waals surface area contributed by atoms with Gasteiger partial charge in [-0.05, 0) is 60.2 Å². The number of ether oxygens (including phenoxy) is 1. The summed E-state index contributed by atoms with van der Waals surface area (Å²) in [6.07, 6.45) is 2.21. The largest absolute Gasteiger partial charge is 0.462 e. The maximum atomic E-state index is 11.8. The van der Waals surface area contributed by atoms with Crippen molar-refractivity contribution in [2.45, 2.75) is 35.9 Å². The molecule has 110 valence electrons. The van der Waals surface area contributed by atoms with Gasteiger partial charge in [-0.2, -0.15) is 0 Å². The molecule has 0 amide bonds. The molecule has 0 unspecified atom stereocenters.